The number of ether oxygens (including phenoxy) is 1. The van der Waals surface area contributed by atoms with Gasteiger partial charge in [-0.3, -0.25) is 9.18 Å². The van der Waals surface area contributed by atoms with Crippen LogP contribution < -0.4 is 4.74 Å². The summed E-state index contributed by atoms with van der Waals surface area (Å²) in [5.74, 6) is 1.48. The Balaban J connectivity index is 1.36. The third-order valence-electron chi connectivity index (χ3n) is 9.11. The lowest BCUT2D eigenvalue weighted by Gasteiger charge is -2.20. The molecule has 3 nitrogen and oxygen atoms in total. The van der Waals surface area contributed by atoms with Gasteiger partial charge in [-0.25, -0.2) is 0 Å². The van der Waals surface area contributed by atoms with E-state index in [1.807, 2.05) is 6.92 Å². The van der Waals surface area contributed by atoms with Gasteiger partial charge in [-0.1, -0.05) is 59.7 Å². The van der Waals surface area contributed by atoms with Crippen molar-refractivity contribution in [3.63, 3.8) is 0 Å². The maximum atomic E-state index is 12.6. The number of ketones is 1. The molecular weight excluding hydrogens is 521 g/mol. The van der Waals surface area contributed by atoms with Gasteiger partial charge in [0.05, 0.1) is 6.67 Å². The lowest BCUT2D eigenvalue weighted by Crippen LogP contribution is -2.22. The summed E-state index contributed by atoms with van der Waals surface area (Å²) in [6.45, 7) is 7.13. The number of fused-ring (bicyclic) bond motifs is 2. The smallest absolute Gasteiger partial charge is 0.192 e. The number of benzene rings is 3. The molecule has 4 heteroatoms. The molecule has 1 unspecified atom stereocenters. The number of aryl methyl sites for hydroxylation is 2. The first-order chi connectivity index (χ1) is 20.5. The summed E-state index contributed by atoms with van der Waals surface area (Å²) in [4.78, 5) is 14.5. The predicted octanol–water partition coefficient (Wildman–Crippen LogP) is 7.96. The van der Waals surface area contributed by atoms with Gasteiger partial charge in [-0.05, 0) is 134 Å². The average Bonchev–Trinajstić information content (AvgIpc) is 3.33. The average molecular weight is 564 g/mol. The Labute approximate surface area is 250 Å². The van der Waals surface area contributed by atoms with Crippen molar-refractivity contribution < 1.29 is 13.9 Å². The van der Waals surface area contributed by atoms with Crippen molar-refractivity contribution in [1.82, 2.24) is 4.90 Å². The Morgan fingerprint density at radius 1 is 0.952 bits per heavy atom. The van der Waals surface area contributed by atoms with Crippen LogP contribution in [0, 0.1) is 12.8 Å². The van der Waals surface area contributed by atoms with Gasteiger partial charge in [-0.15, -0.1) is 0 Å². The van der Waals surface area contributed by atoms with Crippen LogP contribution in [0.1, 0.15) is 71.6 Å². The Kier molecular flexibility index (Phi) is 8.71. The number of allylic oxidation sites excluding steroid dienone is 2. The van der Waals surface area contributed by atoms with E-state index in [0.29, 0.717) is 18.8 Å². The predicted molar refractivity (Wildman–Crippen MR) is 170 cm³/mol. The van der Waals surface area contributed by atoms with E-state index in [1.54, 1.807) is 6.08 Å². The summed E-state index contributed by atoms with van der Waals surface area (Å²) >= 11 is 0. The molecule has 6 rings (SSSR count). The fourth-order valence-electron chi connectivity index (χ4n) is 7.10. The number of alkyl halides is 1. The van der Waals surface area contributed by atoms with Crippen LogP contribution in [0.3, 0.4) is 0 Å². The standard InChI is InChI=1S/C38H42FNO2/c1-26-7-13-36-31(19-26)5-3-6-35(32-12-14-37-33(23-32)20-27(2)21-34(41)25-42-37)38(36)30-10-8-28(9-11-30)22-29-15-18-40(24-29)17-4-16-39/h7-14,19,21,23,29H,3-6,15-18,20,22,24-25H2,1-2H3/b27-21+. The zero-order valence-corrected chi connectivity index (χ0v) is 25.1. The second-order valence-corrected chi connectivity index (χ2v) is 12.5. The highest BCUT2D eigenvalue weighted by molar-refractivity contribution is 6.00. The van der Waals surface area contributed by atoms with Crippen LogP contribution >= 0.6 is 0 Å². The Bertz CT molecular complexity index is 1520. The van der Waals surface area contributed by atoms with E-state index in [9.17, 15) is 9.18 Å². The van der Waals surface area contributed by atoms with Gasteiger partial charge >= 0.3 is 0 Å². The van der Waals surface area contributed by atoms with Crippen LogP contribution in [0.15, 0.2) is 72.3 Å². The number of carbonyl (C=O) groups is 1. The third kappa shape index (κ3) is 6.44. The number of likely N-dealkylation sites (tertiary alicyclic amines) is 1. The first-order valence-electron chi connectivity index (χ1n) is 15.6. The zero-order chi connectivity index (χ0) is 29.1. The third-order valence-corrected chi connectivity index (χ3v) is 9.11. The van der Waals surface area contributed by atoms with Crippen molar-refractivity contribution in [2.45, 2.75) is 58.8 Å². The van der Waals surface area contributed by atoms with Gasteiger partial charge in [0.1, 0.15) is 5.75 Å². The van der Waals surface area contributed by atoms with E-state index in [4.69, 9.17) is 4.74 Å². The minimum absolute atomic E-state index is 0.0217. The molecule has 1 fully saturated rings. The zero-order valence-electron chi connectivity index (χ0n) is 25.1. The van der Waals surface area contributed by atoms with Gasteiger partial charge in [0.2, 0.25) is 0 Å². The molecule has 218 valence electrons. The molecule has 42 heavy (non-hydrogen) atoms. The molecule has 0 radical (unpaired) electrons. The van der Waals surface area contributed by atoms with Crippen molar-refractivity contribution >= 4 is 16.9 Å². The van der Waals surface area contributed by atoms with Crippen molar-refractivity contribution in [2.75, 3.05) is 32.9 Å². The summed E-state index contributed by atoms with van der Waals surface area (Å²) in [5.41, 5.74) is 12.9. The molecule has 3 aliphatic rings. The molecule has 0 saturated carbocycles. The van der Waals surface area contributed by atoms with Crippen molar-refractivity contribution in [2.24, 2.45) is 5.92 Å². The summed E-state index contributed by atoms with van der Waals surface area (Å²) < 4.78 is 18.5. The molecule has 3 aromatic carbocycles. The normalized spacial score (nSPS) is 20.6. The summed E-state index contributed by atoms with van der Waals surface area (Å²) in [6, 6.07) is 22.7. The van der Waals surface area contributed by atoms with Crippen molar-refractivity contribution in [1.29, 1.82) is 0 Å². The van der Waals surface area contributed by atoms with Crippen molar-refractivity contribution in [3.05, 3.63) is 111 Å². The highest BCUT2D eigenvalue weighted by atomic mass is 19.1. The van der Waals surface area contributed by atoms with E-state index in [1.165, 1.54) is 50.9 Å². The number of hydrogen-bond acceptors (Lipinski definition) is 3. The van der Waals surface area contributed by atoms with Crippen LogP contribution in [-0.2, 0) is 24.1 Å². The van der Waals surface area contributed by atoms with Gasteiger partial charge in [0, 0.05) is 13.1 Å². The molecule has 1 aliphatic carbocycles. The van der Waals surface area contributed by atoms with Gasteiger partial charge in [0.25, 0.3) is 0 Å². The molecule has 2 heterocycles. The number of carbonyl (C=O) groups excluding carboxylic acids is 1. The molecule has 3 aromatic rings. The first kappa shape index (κ1) is 28.6. The summed E-state index contributed by atoms with van der Waals surface area (Å²) in [5, 5.41) is 0. The second kappa shape index (κ2) is 12.8. The number of rotatable bonds is 7. The first-order valence-corrected chi connectivity index (χ1v) is 15.6. The van der Waals surface area contributed by atoms with Crippen molar-refractivity contribution in [3.8, 4) is 5.75 Å². The van der Waals surface area contributed by atoms with E-state index < -0.39 is 0 Å². The van der Waals surface area contributed by atoms with E-state index in [-0.39, 0.29) is 19.1 Å². The SMILES string of the molecule is C/C1=C\C(=O)COc2ccc(C3=C(c4ccc(CC5CCN(CCCF)C5)cc4)c4ccc(C)cc4CCC3)cc2C1. The maximum Gasteiger partial charge on any atom is 0.192 e. The lowest BCUT2D eigenvalue weighted by atomic mass is 9.86. The lowest BCUT2D eigenvalue weighted by molar-refractivity contribution is -0.116. The van der Waals surface area contributed by atoms with Gasteiger partial charge in [0.15, 0.2) is 12.4 Å². The minimum Gasteiger partial charge on any atom is -0.485 e. The van der Waals surface area contributed by atoms with Crippen LogP contribution in [0.25, 0.3) is 11.1 Å². The van der Waals surface area contributed by atoms with E-state index in [0.717, 1.165) is 62.2 Å². The summed E-state index contributed by atoms with van der Waals surface area (Å²) in [7, 11) is 0. The number of halogens is 1. The van der Waals surface area contributed by atoms with Gasteiger partial charge < -0.3 is 9.64 Å². The molecule has 0 spiro atoms. The molecule has 0 aromatic heterocycles. The van der Waals surface area contributed by atoms with Crippen LogP contribution in [-0.4, -0.2) is 43.6 Å². The Morgan fingerprint density at radius 2 is 1.79 bits per heavy atom. The highest BCUT2D eigenvalue weighted by Gasteiger charge is 2.24. The highest BCUT2D eigenvalue weighted by Crippen LogP contribution is 2.41. The maximum absolute atomic E-state index is 12.6. The van der Waals surface area contributed by atoms with Crippen LogP contribution in [0.2, 0.25) is 0 Å². The Hall–Kier alpha value is -3.50. The molecule has 0 amide bonds. The monoisotopic (exact) mass is 563 g/mol. The molecule has 1 saturated heterocycles. The Morgan fingerprint density at radius 3 is 2.62 bits per heavy atom. The fraction of sp³-hybridized carbons (Fsp3) is 0.395. The summed E-state index contributed by atoms with van der Waals surface area (Å²) in [6.07, 6.45) is 8.54. The molecular formula is C38H42FNO2. The molecule has 2 aliphatic heterocycles. The topological polar surface area (TPSA) is 29.5 Å². The largest absolute Gasteiger partial charge is 0.485 e. The van der Waals surface area contributed by atoms with Crippen LogP contribution in [0.5, 0.6) is 5.75 Å². The van der Waals surface area contributed by atoms with Crippen LogP contribution in [0.4, 0.5) is 4.39 Å². The number of hydrogen-bond donors (Lipinski definition) is 0. The molecule has 0 N–H and O–H groups in total. The number of nitrogens with zero attached hydrogens (tertiary/aromatic N) is 1. The van der Waals surface area contributed by atoms with E-state index >= 15 is 0 Å². The van der Waals surface area contributed by atoms with E-state index in [2.05, 4.69) is 72.5 Å². The second-order valence-electron chi connectivity index (χ2n) is 12.5. The minimum atomic E-state index is -0.222. The molecule has 0 bridgehead atoms. The van der Waals surface area contributed by atoms with Gasteiger partial charge in [-0.2, -0.15) is 0 Å². The molecule has 1 atom stereocenters. The fourth-order valence-corrected chi connectivity index (χ4v) is 7.10. The quantitative estimate of drug-likeness (QED) is 0.292.